The van der Waals surface area contributed by atoms with Gasteiger partial charge in [0.25, 0.3) is 0 Å². The Bertz CT molecular complexity index is 428. The molecule has 1 aromatic carbocycles. The lowest BCUT2D eigenvalue weighted by atomic mass is 10.2. The predicted molar refractivity (Wildman–Crippen MR) is 72.1 cm³/mol. The number of amides is 1. The van der Waals surface area contributed by atoms with Crippen LogP contribution in [-0.2, 0) is 14.3 Å². The van der Waals surface area contributed by atoms with Crippen LogP contribution in [0.1, 0.15) is 26.7 Å². The fourth-order valence-electron chi connectivity index (χ4n) is 1.34. The average Bonchev–Trinajstić information content (AvgIpc) is 2.40. The van der Waals surface area contributed by atoms with Gasteiger partial charge < -0.3 is 14.8 Å². The number of benzene rings is 1. The summed E-state index contributed by atoms with van der Waals surface area (Å²) < 4.78 is 10.0. The van der Waals surface area contributed by atoms with Crippen LogP contribution >= 0.6 is 0 Å². The maximum Gasteiger partial charge on any atom is 0.315 e. The normalized spacial score (nSPS) is 11.5. The lowest BCUT2D eigenvalue weighted by Crippen LogP contribution is -2.17. The zero-order chi connectivity index (χ0) is 14.3. The van der Waals surface area contributed by atoms with Crippen LogP contribution < -0.4 is 10.1 Å². The Morgan fingerprint density at radius 3 is 2.42 bits per heavy atom. The van der Waals surface area contributed by atoms with Gasteiger partial charge in [0.2, 0.25) is 5.91 Å². The highest BCUT2D eigenvalue weighted by molar-refractivity contribution is 6.01. The highest BCUT2D eigenvalue weighted by Crippen LogP contribution is 2.17. The van der Waals surface area contributed by atoms with Crippen LogP contribution in [0.2, 0.25) is 0 Å². The van der Waals surface area contributed by atoms with Crippen LogP contribution in [0, 0.1) is 0 Å². The average molecular weight is 265 g/mol. The van der Waals surface area contributed by atoms with Gasteiger partial charge in [-0.1, -0.05) is 6.92 Å². The van der Waals surface area contributed by atoms with E-state index >= 15 is 0 Å². The van der Waals surface area contributed by atoms with Gasteiger partial charge in [-0.3, -0.25) is 9.59 Å². The third kappa shape index (κ3) is 5.42. The molecule has 1 aromatic rings. The summed E-state index contributed by atoms with van der Waals surface area (Å²) in [5.41, 5.74) is 0.616. The van der Waals surface area contributed by atoms with Crippen LogP contribution in [-0.4, -0.2) is 25.1 Å². The van der Waals surface area contributed by atoms with E-state index in [1.54, 1.807) is 24.3 Å². The number of hydrogen-bond acceptors (Lipinski definition) is 4. The molecule has 0 aliphatic carbocycles. The molecule has 5 heteroatoms. The van der Waals surface area contributed by atoms with E-state index in [2.05, 4.69) is 10.1 Å². The summed E-state index contributed by atoms with van der Waals surface area (Å²) in [6.45, 7) is 4.04. The number of carbonyl (C=O) groups excluding carboxylic acids is 2. The topological polar surface area (TPSA) is 64.6 Å². The van der Waals surface area contributed by atoms with Crippen molar-refractivity contribution in [3.05, 3.63) is 24.3 Å². The van der Waals surface area contributed by atoms with Gasteiger partial charge in [-0.05, 0) is 37.6 Å². The third-order valence-electron chi connectivity index (χ3n) is 2.58. The summed E-state index contributed by atoms with van der Waals surface area (Å²) in [6.07, 6.45) is 0.791. The van der Waals surface area contributed by atoms with Crippen molar-refractivity contribution in [3.8, 4) is 5.75 Å². The van der Waals surface area contributed by atoms with Crippen molar-refractivity contribution >= 4 is 17.6 Å². The molecule has 1 amide bonds. The zero-order valence-electron chi connectivity index (χ0n) is 11.4. The molecule has 0 saturated carbocycles. The van der Waals surface area contributed by atoms with Gasteiger partial charge in [0.1, 0.15) is 12.2 Å². The number of esters is 1. The fourth-order valence-corrected chi connectivity index (χ4v) is 1.34. The van der Waals surface area contributed by atoms with Gasteiger partial charge in [-0.2, -0.15) is 0 Å². The Balaban J connectivity index is 2.52. The molecule has 0 aliphatic rings. The number of anilines is 1. The first-order chi connectivity index (χ1) is 9.05. The second-order valence-corrected chi connectivity index (χ2v) is 4.16. The summed E-state index contributed by atoms with van der Waals surface area (Å²) in [6, 6.07) is 7.01. The summed E-state index contributed by atoms with van der Waals surface area (Å²) in [5.74, 6) is -0.211. The van der Waals surface area contributed by atoms with Crippen molar-refractivity contribution in [2.45, 2.75) is 32.8 Å². The van der Waals surface area contributed by atoms with E-state index in [0.29, 0.717) is 5.69 Å². The van der Waals surface area contributed by atoms with Gasteiger partial charge in [-0.25, -0.2) is 0 Å². The number of carbonyl (C=O) groups is 2. The number of nitrogens with one attached hydrogen (secondary N) is 1. The molecule has 1 rings (SSSR count). The Kier molecular flexibility index (Phi) is 5.85. The van der Waals surface area contributed by atoms with Crippen molar-refractivity contribution in [1.29, 1.82) is 0 Å². The minimum atomic E-state index is -0.561. The first-order valence-corrected chi connectivity index (χ1v) is 6.18. The molecule has 0 radical (unpaired) electrons. The maximum absolute atomic E-state index is 11.4. The SMILES string of the molecule is CCC(C)Oc1ccc(NC(=O)CC(=O)OC)cc1. The molecule has 0 saturated heterocycles. The molecule has 0 aliphatic heterocycles. The second-order valence-electron chi connectivity index (χ2n) is 4.16. The smallest absolute Gasteiger partial charge is 0.315 e. The van der Waals surface area contributed by atoms with Gasteiger partial charge in [0.05, 0.1) is 13.2 Å². The van der Waals surface area contributed by atoms with Gasteiger partial charge >= 0.3 is 5.97 Å². The summed E-state index contributed by atoms with van der Waals surface area (Å²) >= 11 is 0. The van der Waals surface area contributed by atoms with Crippen molar-refractivity contribution in [3.63, 3.8) is 0 Å². The molecule has 0 heterocycles. The lowest BCUT2D eigenvalue weighted by molar-refractivity contribution is -0.142. The number of rotatable bonds is 6. The fraction of sp³-hybridized carbons (Fsp3) is 0.429. The zero-order valence-corrected chi connectivity index (χ0v) is 11.4. The lowest BCUT2D eigenvalue weighted by Gasteiger charge is -2.13. The molecule has 19 heavy (non-hydrogen) atoms. The molecule has 5 nitrogen and oxygen atoms in total. The van der Waals surface area contributed by atoms with Crippen LogP contribution in [0.25, 0.3) is 0 Å². The van der Waals surface area contributed by atoms with E-state index in [1.165, 1.54) is 7.11 Å². The molecule has 1 N–H and O–H groups in total. The molecule has 1 unspecified atom stereocenters. The Labute approximate surface area is 112 Å². The van der Waals surface area contributed by atoms with E-state index in [0.717, 1.165) is 12.2 Å². The minimum Gasteiger partial charge on any atom is -0.491 e. The molecule has 0 aromatic heterocycles. The van der Waals surface area contributed by atoms with Gasteiger partial charge in [-0.15, -0.1) is 0 Å². The Hall–Kier alpha value is -2.04. The van der Waals surface area contributed by atoms with Gasteiger partial charge in [0.15, 0.2) is 0 Å². The summed E-state index contributed by atoms with van der Waals surface area (Å²) in [4.78, 5) is 22.4. The monoisotopic (exact) mass is 265 g/mol. The van der Waals surface area contributed by atoms with Crippen LogP contribution in [0.3, 0.4) is 0 Å². The molecule has 104 valence electrons. The highest BCUT2D eigenvalue weighted by Gasteiger charge is 2.09. The Morgan fingerprint density at radius 2 is 1.89 bits per heavy atom. The van der Waals surface area contributed by atoms with Crippen LogP contribution in [0.4, 0.5) is 5.69 Å². The third-order valence-corrected chi connectivity index (χ3v) is 2.58. The highest BCUT2D eigenvalue weighted by atomic mass is 16.5. The quantitative estimate of drug-likeness (QED) is 0.633. The number of ether oxygens (including phenoxy) is 2. The molecular formula is C14H19NO4. The standard InChI is InChI=1S/C14H19NO4/c1-4-10(2)19-12-7-5-11(6-8-12)15-13(16)9-14(17)18-3/h5-8,10H,4,9H2,1-3H3,(H,15,16). The minimum absolute atomic E-state index is 0.153. The number of hydrogen-bond donors (Lipinski definition) is 1. The predicted octanol–water partition coefficient (Wildman–Crippen LogP) is 2.37. The summed E-state index contributed by atoms with van der Waals surface area (Å²) in [7, 11) is 1.25. The second kappa shape index (κ2) is 7.41. The van der Waals surface area contributed by atoms with Crippen molar-refractivity contribution in [1.82, 2.24) is 0 Å². The largest absolute Gasteiger partial charge is 0.491 e. The molecule has 0 spiro atoms. The number of methoxy groups -OCH3 is 1. The first-order valence-electron chi connectivity index (χ1n) is 6.18. The Morgan fingerprint density at radius 1 is 1.26 bits per heavy atom. The van der Waals surface area contributed by atoms with E-state index in [4.69, 9.17) is 4.74 Å². The van der Waals surface area contributed by atoms with Crippen molar-refractivity contribution in [2.24, 2.45) is 0 Å². The van der Waals surface area contributed by atoms with Crippen LogP contribution in [0.15, 0.2) is 24.3 Å². The molecule has 1 atom stereocenters. The van der Waals surface area contributed by atoms with E-state index in [-0.39, 0.29) is 12.5 Å². The van der Waals surface area contributed by atoms with Gasteiger partial charge in [0, 0.05) is 5.69 Å². The first kappa shape index (κ1) is 15.0. The van der Waals surface area contributed by atoms with Crippen LogP contribution in [0.5, 0.6) is 5.75 Å². The molecular weight excluding hydrogens is 246 g/mol. The maximum atomic E-state index is 11.4. The van der Waals surface area contributed by atoms with E-state index in [9.17, 15) is 9.59 Å². The van der Waals surface area contributed by atoms with E-state index < -0.39 is 11.9 Å². The molecule has 0 bridgehead atoms. The van der Waals surface area contributed by atoms with Crippen molar-refractivity contribution < 1.29 is 19.1 Å². The van der Waals surface area contributed by atoms with E-state index in [1.807, 2.05) is 13.8 Å². The molecule has 0 fully saturated rings. The summed E-state index contributed by atoms with van der Waals surface area (Å²) in [5, 5.41) is 2.61. The van der Waals surface area contributed by atoms with Crippen molar-refractivity contribution in [2.75, 3.05) is 12.4 Å².